The average molecular weight is 342 g/mol. The summed E-state index contributed by atoms with van der Waals surface area (Å²) >= 11 is 0. The van der Waals surface area contributed by atoms with Gasteiger partial charge in [0.2, 0.25) is 5.95 Å². The molecular weight excluding hydrogens is 316 g/mol. The Morgan fingerprint density at radius 3 is 2.88 bits per heavy atom. The van der Waals surface area contributed by atoms with Gasteiger partial charge in [0, 0.05) is 37.5 Å². The van der Waals surface area contributed by atoms with E-state index in [0.717, 1.165) is 43.1 Å². The molecule has 0 aliphatic carbocycles. The number of aliphatic hydroxyl groups is 1. The van der Waals surface area contributed by atoms with Gasteiger partial charge in [0.05, 0.1) is 12.2 Å². The smallest absolute Gasteiger partial charge is 0.222 e. The van der Waals surface area contributed by atoms with Gasteiger partial charge >= 0.3 is 0 Å². The van der Waals surface area contributed by atoms with Gasteiger partial charge in [-0.1, -0.05) is 12.1 Å². The fourth-order valence-electron chi connectivity index (χ4n) is 2.92. The minimum absolute atomic E-state index is 0.214. The van der Waals surface area contributed by atoms with Crippen molar-refractivity contribution in [2.75, 3.05) is 42.7 Å². The Bertz CT molecular complexity index is 702. The third kappa shape index (κ3) is 4.58. The topological polar surface area (TPSA) is 99.3 Å². The number of aromatic nitrogens is 2. The molecule has 3 rings (SSSR count). The third-order valence-electron chi connectivity index (χ3n) is 4.42. The molecule has 2 heterocycles. The second-order valence-electron chi connectivity index (χ2n) is 6.35. The Balaban J connectivity index is 1.62. The lowest BCUT2D eigenvalue weighted by molar-refractivity contribution is 0.288. The number of nitrogens with zero attached hydrogens (tertiary/aromatic N) is 3. The molecule has 0 saturated carbocycles. The molecule has 1 saturated heterocycles. The van der Waals surface area contributed by atoms with Crippen LogP contribution in [0.4, 0.5) is 17.5 Å². The van der Waals surface area contributed by atoms with Crippen molar-refractivity contribution in [2.45, 2.75) is 25.4 Å². The van der Waals surface area contributed by atoms with Gasteiger partial charge in [-0.25, -0.2) is 4.98 Å². The first kappa shape index (κ1) is 17.4. The van der Waals surface area contributed by atoms with Crippen molar-refractivity contribution in [1.29, 1.82) is 0 Å². The zero-order valence-electron chi connectivity index (χ0n) is 14.6. The molecule has 7 heteroatoms. The SMILES string of the molecule is CNC1CN(c2cc(CNc3cccc(CCCO)c3)nc(N)n2)C1. The van der Waals surface area contributed by atoms with Gasteiger partial charge in [0.25, 0.3) is 0 Å². The molecule has 0 spiro atoms. The van der Waals surface area contributed by atoms with E-state index in [4.69, 9.17) is 10.8 Å². The number of nitrogen functional groups attached to an aromatic ring is 1. The molecular formula is C18H26N6O. The van der Waals surface area contributed by atoms with Crippen LogP contribution in [0.2, 0.25) is 0 Å². The molecule has 1 aromatic carbocycles. The molecule has 5 N–H and O–H groups in total. The molecule has 0 amide bonds. The van der Waals surface area contributed by atoms with Gasteiger partial charge in [-0.15, -0.1) is 0 Å². The van der Waals surface area contributed by atoms with Crippen molar-refractivity contribution in [3.63, 3.8) is 0 Å². The fourth-order valence-corrected chi connectivity index (χ4v) is 2.92. The summed E-state index contributed by atoms with van der Waals surface area (Å²) < 4.78 is 0. The van der Waals surface area contributed by atoms with E-state index >= 15 is 0 Å². The quantitative estimate of drug-likeness (QED) is 0.568. The minimum atomic E-state index is 0.214. The van der Waals surface area contributed by atoms with Crippen LogP contribution in [0.3, 0.4) is 0 Å². The van der Waals surface area contributed by atoms with Crippen molar-refractivity contribution in [3.8, 4) is 0 Å². The van der Waals surface area contributed by atoms with Crippen LogP contribution in [0.15, 0.2) is 30.3 Å². The Morgan fingerprint density at radius 1 is 1.28 bits per heavy atom. The molecule has 134 valence electrons. The largest absolute Gasteiger partial charge is 0.396 e. The molecule has 2 aromatic rings. The van der Waals surface area contributed by atoms with Gasteiger partial charge in [0.15, 0.2) is 0 Å². The normalized spacial score (nSPS) is 14.4. The van der Waals surface area contributed by atoms with Gasteiger partial charge in [-0.3, -0.25) is 0 Å². The standard InChI is InChI=1S/C18H26N6O/c1-20-16-11-24(12-16)17-9-15(22-18(19)23-17)10-21-14-6-2-4-13(8-14)5-3-7-25/h2,4,6,8-9,16,20-21,25H,3,5,7,10-12H2,1H3,(H2,19,22,23). The maximum absolute atomic E-state index is 8.95. The number of anilines is 3. The zero-order chi connectivity index (χ0) is 17.6. The molecule has 1 aliphatic heterocycles. The highest BCUT2D eigenvalue weighted by Crippen LogP contribution is 2.21. The van der Waals surface area contributed by atoms with Crippen molar-refractivity contribution in [1.82, 2.24) is 15.3 Å². The third-order valence-corrected chi connectivity index (χ3v) is 4.42. The number of hydrogen-bond acceptors (Lipinski definition) is 7. The maximum atomic E-state index is 8.95. The number of hydrogen-bond donors (Lipinski definition) is 4. The van der Waals surface area contributed by atoms with E-state index in [1.165, 1.54) is 5.56 Å². The molecule has 1 aromatic heterocycles. The summed E-state index contributed by atoms with van der Waals surface area (Å²) in [6.45, 7) is 2.68. The maximum Gasteiger partial charge on any atom is 0.222 e. The summed E-state index contributed by atoms with van der Waals surface area (Å²) in [5.41, 5.74) is 8.99. The molecule has 0 unspecified atom stereocenters. The van der Waals surface area contributed by atoms with Crippen LogP contribution in [0.5, 0.6) is 0 Å². The lowest BCUT2D eigenvalue weighted by Gasteiger charge is -2.40. The van der Waals surface area contributed by atoms with Crippen LogP contribution in [-0.2, 0) is 13.0 Å². The van der Waals surface area contributed by atoms with Gasteiger partial charge in [0.1, 0.15) is 5.82 Å². The van der Waals surface area contributed by atoms with Gasteiger partial charge < -0.3 is 26.4 Å². The van der Waals surface area contributed by atoms with E-state index in [9.17, 15) is 0 Å². The van der Waals surface area contributed by atoms with E-state index < -0.39 is 0 Å². The Hall–Kier alpha value is -2.38. The summed E-state index contributed by atoms with van der Waals surface area (Å²) in [7, 11) is 1.97. The van der Waals surface area contributed by atoms with Gasteiger partial charge in [-0.2, -0.15) is 4.98 Å². The van der Waals surface area contributed by atoms with E-state index in [2.05, 4.69) is 37.6 Å². The first-order valence-corrected chi connectivity index (χ1v) is 8.67. The number of aryl methyl sites for hydroxylation is 1. The minimum Gasteiger partial charge on any atom is -0.396 e. The van der Waals surface area contributed by atoms with Crippen LogP contribution in [0.25, 0.3) is 0 Å². The van der Waals surface area contributed by atoms with Crippen LogP contribution < -0.4 is 21.3 Å². The fraction of sp³-hybridized carbons (Fsp3) is 0.444. The Morgan fingerprint density at radius 2 is 2.12 bits per heavy atom. The predicted molar refractivity (Wildman–Crippen MR) is 101 cm³/mol. The summed E-state index contributed by atoms with van der Waals surface area (Å²) in [5, 5.41) is 15.6. The Kier molecular flexibility index (Phi) is 5.67. The number of rotatable bonds is 8. The molecule has 7 nitrogen and oxygen atoms in total. The summed E-state index contributed by atoms with van der Waals surface area (Å²) in [6.07, 6.45) is 1.65. The first-order chi connectivity index (χ1) is 12.2. The van der Waals surface area contributed by atoms with Crippen molar-refractivity contribution < 1.29 is 5.11 Å². The zero-order valence-corrected chi connectivity index (χ0v) is 14.6. The second-order valence-corrected chi connectivity index (χ2v) is 6.35. The van der Waals surface area contributed by atoms with E-state index in [1.54, 1.807) is 0 Å². The molecule has 0 bridgehead atoms. The van der Waals surface area contributed by atoms with Crippen LogP contribution in [0, 0.1) is 0 Å². The lowest BCUT2D eigenvalue weighted by atomic mass is 10.1. The summed E-state index contributed by atoms with van der Waals surface area (Å²) in [5.74, 6) is 1.19. The second kappa shape index (κ2) is 8.13. The first-order valence-electron chi connectivity index (χ1n) is 8.67. The summed E-state index contributed by atoms with van der Waals surface area (Å²) in [6, 6.07) is 10.7. The number of nitrogens with two attached hydrogens (primary N) is 1. The Labute approximate surface area is 148 Å². The number of nitrogens with one attached hydrogen (secondary N) is 2. The number of benzene rings is 1. The van der Waals surface area contributed by atoms with Crippen LogP contribution in [-0.4, -0.2) is 47.9 Å². The van der Waals surface area contributed by atoms with Crippen LogP contribution in [0.1, 0.15) is 17.7 Å². The van der Waals surface area contributed by atoms with Crippen molar-refractivity contribution in [3.05, 3.63) is 41.6 Å². The number of likely N-dealkylation sites (N-methyl/N-ethyl adjacent to an activating group) is 1. The molecule has 1 fully saturated rings. The average Bonchev–Trinajstić information content (AvgIpc) is 2.57. The summed E-state index contributed by atoms with van der Waals surface area (Å²) in [4.78, 5) is 10.9. The number of aliphatic hydroxyl groups excluding tert-OH is 1. The molecule has 1 aliphatic rings. The van der Waals surface area contributed by atoms with Crippen molar-refractivity contribution >= 4 is 17.5 Å². The lowest BCUT2D eigenvalue weighted by Crippen LogP contribution is -2.57. The van der Waals surface area contributed by atoms with E-state index in [0.29, 0.717) is 18.5 Å². The highest BCUT2D eigenvalue weighted by molar-refractivity contribution is 5.49. The predicted octanol–water partition coefficient (Wildman–Crippen LogP) is 1.00. The van der Waals surface area contributed by atoms with Crippen molar-refractivity contribution in [2.24, 2.45) is 0 Å². The molecule has 0 atom stereocenters. The molecule has 0 radical (unpaired) electrons. The monoisotopic (exact) mass is 342 g/mol. The van der Waals surface area contributed by atoms with Gasteiger partial charge in [-0.05, 0) is 37.6 Å². The van der Waals surface area contributed by atoms with E-state index in [1.807, 2.05) is 25.2 Å². The highest BCUT2D eigenvalue weighted by atomic mass is 16.2. The highest BCUT2D eigenvalue weighted by Gasteiger charge is 2.26. The van der Waals surface area contributed by atoms with Crippen LogP contribution >= 0.6 is 0 Å². The van der Waals surface area contributed by atoms with E-state index in [-0.39, 0.29) is 6.61 Å². The molecule has 25 heavy (non-hydrogen) atoms.